The summed E-state index contributed by atoms with van der Waals surface area (Å²) in [6.07, 6.45) is 3.48. The Morgan fingerprint density at radius 1 is 1.19 bits per heavy atom. The Balaban J connectivity index is 1.78. The molecule has 0 aliphatic carbocycles. The number of furan rings is 1. The number of hydrazine groups is 1. The number of rotatable bonds is 5. The van der Waals surface area contributed by atoms with E-state index >= 15 is 0 Å². The molecule has 2 amide bonds. The number of carbonyl (C=O) groups excluding carboxylic acids is 2. The summed E-state index contributed by atoms with van der Waals surface area (Å²) < 4.78 is 10.2. The van der Waals surface area contributed by atoms with Crippen molar-refractivity contribution in [2.45, 2.75) is 13.3 Å². The maximum absolute atomic E-state index is 11.6. The molecule has 2 N–H and O–H groups in total. The number of amides is 2. The smallest absolute Gasteiger partial charge is 0.276 e. The van der Waals surface area contributed by atoms with Crippen molar-refractivity contribution in [1.82, 2.24) is 10.9 Å². The average molecular weight is 288 g/mol. The van der Waals surface area contributed by atoms with Crippen molar-refractivity contribution in [3.05, 3.63) is 54.0 Å². The van der Waals surface area contributed by atoms with Crippen molar-refractivity contribution in [3.63, 3.8) is 0 Å². The predicted octanol–water partition coefficient (Wildman–Crippen LogP) is 1.68. The maximum Gasteiger partial charge on any atom is 0.276 e. The van der Waals surface area contributed by atoms with Gasteiger partial charge in [0, 0.05) is 0 Å². The van der Waals surface area contributed by atoms with Gasteiger partial charge in [0.1, 0.15) is 12.0 Å². The van der Waals surface area contributed by atoms with E-state index in [1.165, 1.54) is 18.6 Å². The Bertz CT molecular complexity index is 608. The number of aryl methyl sites for hydroxylation is 1. The summed E-state index contributed by atoms with van der Waals surface area (Å²) in [7, 11) is 0. The van der Waals surface area contributed by atoms with Gasteiger partial charge in [-0.3, -0.25) is 20.4 Å². The van der Waals surface area contributed by atoms with Crippen LogP contribution in [0.25, 0.3) is 0 Å². The fourth-order valence-electron chi connectivity index (χ4n) is 1.71. The molecule has 0 atom stereocenters. The Kier molecular flexibility index (Phi) is 4.98. The third kappa shape index (κ3) is 4.10. The van der Waals surface area contributed by atoms with Crippen LogP contribution in [0.4, 0.5) is 0 Å². The van der Waals surface area contributed by atoms with Crippen molar-refractivity contribution in [2.24, 2.45) is 0 Å². The van der Waals surface area contributed by atoms with E-state index in [1.807, 2.05) is 25.1 Å². The van der Waals surface area contributed by atoms with E-state index in [-0.39, 0.29) is 6.61 Å². The number of benzene rings is 1. The molecular formula is C15H16N2O4. The van der Waals surface area contributed by atoms with Gasteiger partial charge in [-0.2, -0.15) is 0 Å². The van der Waals surface area contributed by atoms with E-state index in [0.29, 0.717) is 11.3 Å². The lowest BCUT2D eigenvalue weighted by Gasteiger charge is -2.10. The van der Waals surface area contributed by atoms with Crippen molar-refractivity contribution in [1.29, 1.82) is 0 Å². The van der Waals surface area contributed by atoms with Crippen LogP contribution in [0.3, 0.4) is 0 Å². The van der Waals surface area contributed by atoms with Crippen LogP contribution in [-0.2, 0) is 11.2 Å². The second kappa shape index (κ2) is 7.14. The second-order valence-electron chi connectivity index (χ2n) is 4.26. The van der Waals surface area contributed by atoms with E-state index < -0.39 is 11.8 Å². The first-order valence-electron chi connectivity index (χ1n) is 6.52. The first-order chi connectivity index (χ1) is 10.2. The largest absolute Gasteiger partial charge is 0.483 e. The highest BCUT2D eigenvalue weighted by molar-refractivity contribution is 5.95. The van der Waals surface area contributed by atoms with Gasteiger partial charge in [0.25, 0.3) is 11.8 Å². The summed E-state index contributed by atoms with van der Waals surface area (Å²) in [6.45, 7) is 1.83. The number of carbonyl (C=O) groups is 2. The minimum absolute atomic E-state index is 0.178. The van der Waals surface area contributed by atoms with Crippen LogP contribution in [0.1, 0.15) is 22.8 Å². The highest BCUT2D eigenvalue weighted by Crippen LogP contribution is 2.17. The van der Waals surface area contributed by atoms with E-state index in [1.54, 1.807) is 6.07 Å². The normalized spacial score (nSPS) is 9.95. The van der Waals surface area contributed by atoms with Crippen LogP contribution < -0.4 is 15.6 Å². The molecule has 6 heteroatoms. The minimum Gasteiger partial charge on any atom is -0.483 e. The Labute approximate surface area is 122 Å². The molecule has 2 aromatic rings. The van der Waals surface area contributed by atoms with Crippen LogP contribution in [0, 0.1) is 0 Å². The molecule has 0 saturated heterocycles. The lowest BCUT2D eigenvalue weighted by atomic mass is 10.1. The third-order valence-electron chi connectivity index (χ3n) is 2.81. The van der Waals surface area contributed by atoms with Gasteiger partial charge in [0.05, 0.1) is 11.8 Å². The monoisotopic (exact) mass is 288 g/mol. The molecule has 0 aliphatic heterocycles. The van der Waals surface area contributed by atoms with Gasteiger partial charge < -0.3 is 9.15 Å². The number of hydrogen-bond acceptors (Lipinski definition) is 4. The molecule has 0 fully saturated rings. The average Bonchev–Trinajstić information content (AvgIpc) is 3.05. The first kappa shape index (κ1) is 14.6. The van der Waals surface area contributed by atoms with Crippen molar-refractivity contribution >= 4 is 11.8 Å². The summed E-state index contributed by atoms with van der Waals surface area (Å²) in [4.78, 5) is 23.2. The standard InChI is InChI=1S/C15H16N2O4/c1-2-11-5-3-4-6-13(11)21-10-14(18)16-17-15(19)12-7-8-20-9-12/h3-9H,2,10H2,1H3,(H,16,18)(H,17,19). The molecule has 1 aromatic carbocycles. The van der Waals surface area contributed by atoms with Crippen LogP contribution in [0.5, 0.6) is 5.75 Å². The molecule has 1 heterocycles. The van der Waals surface area contributed by atoms with Gasteiger partial charge in [0.2, 0.25) is 0 Å². The van der Waals surface area contributed by atoms with Gasteiger partial charge in [-0.25, -0.2) is 0 Å². The van der Waals surface area contributed by atoms with Crippen LogP contribution >= 0.6 is 0 Å². The fraction of sp³-hybridized carbons (Fsp3) is 0.200. The summed E-state index contributed by atoms with van der Waals surface area (Å²) in [6, 6.07) is 8.99. The van der Waals surface area contributed by atoms with Crippen LogP contribution in [0.2, 0.25) is 0 Å². The van der Waals surface area contributed by atoms with Crippen LogP contribution in [-0.4, -0.2) is 18.4 Å². The van der Waals surface area contributed by atoms with E-state index in [0.717, 1.165) is 12.0 Å². The highest BCUT2D eigenvalue weighted by Gasteiger charge is 2.09. The maximum atomic E-state index is 11.6. The van der Waals surface area contributed by atoms with Crippen molar-refractivity contribution < 1.29 is 18.7 Å². The summed E-state index contributed by atoms with van der Waals surface area (Å²) in [5.41, 5.74) is 5.89. The number of nitrogens with one attached hydrogen (secondary N) is 2. The van der Waals surface area contributed by atoms with Gasteiger partial charge in [-0.1, -0.05) is 25.1 Å². The lowest BCUT2D eigenvalue weighted by molar-refractivity contribution is -0.123. The van der Waals surface area contributed by atoms with Gasteiger partial charge in [-0.15, -0.1) is 0 Å². The molecule has 0 aliphatic rings. The topological polar surface area (TPSA) is 80.6 Å². The molecule has 1 aromatic heterocycles. The Morgan fingerprint density at radius 2 is 2.00 bits per heavy atom. The zero-order valence-corrected chi connectivity index (χ0v) is 11.6. The molecule has 110 valence electrons. The Hall–Kier alpha value is -2.76. The van der Waals surface area contributed by atoms with E-state index in [9.17, 15) is 9.59 Å². The van der Waals surface area contributed by atoms with Gasteiger partial charge in [-0.05, 0) is 24.1 Å². The highest BCUT2D eigenvalue weighted by atomic mass is 16.5. The van der Waals surface area contributed by atoms with Gasteiger partial charge in [0.15, 0.2) is 6.61 Å². The molecule has 2 rings (SSSR count). The first-order valence-corrected chi connectivity index (χ1v) is 6.52. The summed E-state index contributed by atoms with van der Waals surface area (Å²) >= 11 is 0. The number of hydrogen-bond donors (Lipinski definition) is 2. The molecule has 0 saturated carbocycles. The second-order valence-corrected chi connectivity index (χ2v) is 4.26. The minimum atomic E-state index is -0.453. The summed E-state index contributed by atoms with van der Waals surface area (Å²) in [5.74, 6) is -0.236. The van der Waals surface area contributed by atoms with Crippen molar-refractivity contribution in [3.8, 4) is 5.75 Å². The molecule has 6 nitrogen and oxygen atoms in total. The van der Waals surface area contributed by atoms with Crippen LogP contribution in [0.15, 0.2) is 47.3 Å². The molecular weight excluding hydrogens is 272 g/mol. The van der Waals surface area contributed by atoms with E-state index in [4.69, 9.17) is 9.15 Å². The zero-order chi connectivity index (χ0) is 15.1. The van der Waals surface area contributed by atoms with E-state index in [2.05, 4.69) is 10.9 Å². The van der Waals surface area contributed by atoms with Gasteiger partial charge >= 0.3 is 0 Å². The zero-order valence-electron chi connectivity index (χ0n) is 11.6. The fourth-order valence-corrected chi connectivity index (χ4v) is 1.71. The third-order valence-corrected chi connectivity index (χ3v) is 2.81. The lowest BCUT2D eigenvalue weighted by Crippen LogP contribution is -2.43. The SMILES string of the molecule is CCc1ccccc1OCC(=O)NNC(=O)c1ccoc1. The number of ether oxygens (including phenoxy) is 1. The molecule has 0 unspecified atom stereocenters. The Morgan fingerprint density at radius 3 is 2.71 bits per heavy atom. The summed E-state index contributed by atoms with van der Waals surface area (Å²) in [5, 5.41) is 0. The molecule has 0 spiro atoms. The molecule has 21 heavy (non-hydrogen) atoms. The molecule has 0 radical (unpaired) electrons. The predicted molar refractivity (Wildman–Crippen MR) is 75.6 cm³/mol. The number of para-hydroxylation sites is 1. The molecule has 0 bridgehead atoms. The quantitative estimate of drug-likeness (QED) is 0.820. The van der Waals surface area contributed by atoms with Crippen molar-refractivity contribution in [2.75, 3.05) is 6.61 Å².